The third-order valence-corrected chi connectivity index (χ3v) is 4.93. The van der Waals surface area contributed by atoms with Crippen molar-refractivity contribution in [3.05, 3.63) is 35.9 Å². The van der Waals surface area contributed by atoms with Gasteiger partial charge in [0.1, 0.15) is 6.10 Å². The van der Waals surface area contributed by atoms with Crippen molar-refractivity contribution in [2.45, 2.75) is 32.3 Å². The van der Waals surface area contributed by atoms with E-state index in [-0.39, 0.29) is 17.2 Å². The Morgan fingerprint density at radius 2 is 1.65 bits per heavy atom. The number of hydrogen-bond acceptors (Lipinski definition) is 3. The molecular formula is C18H24N2O3. The second-order valence-corrected chi connectivity index (χ2v) is 6.74. The zero-order valence-electron chi connectivity index (χ0n) is 13.6. The number of aliphatic hydroxyl groups excluding tert-OH is 1. The van der Waals surface area contributed by atoms with Gasteiger partial charge in [0, 0.05) is 26.2 Å². The molecule has 1 saturated heterocycles. The first kappa shape index (κ1) is 16.0. The average Bonchev–Trinajstić information content (AvgIpc) is 3.35. The molecule has 1 aliphatic carbocycles. The number of carbonyl (C=O) groups is 2. The Balaban J connectivity index is 1.58. The van der Waals surface area contributed by atoms with Crippen LogP contribution in [0.15, 0.2) is 30.3 Å². The summed E-state index contributed by atoms with van der Waals surface area (Å²) in [6, 6.07) is 10.2. The number of aliphatic hydroxyl groups is 1. The summed E-state index contributed by atoms with van der Waals surface area (Å²) in [4.78, 5) is 28.2. The van der Waals surface area contributed by atoms with Crippen molar-refractivity contribution in [2.24, 2.45) is 5.41 Å². The lowest BCUT2D eigenvalue weighted by Gasteiger charge is -2.37. The lowest BCUT2D eigenvalue weighted by atomic mass is 9.94. The van der Waals surface area contributed by atoms with Gasteiger partial charge in [0.15, 0.2) is 0 Å². The van der Waals surface area contributed by atoms with Crippen LogP contribution in [0.3, 0.4) is 0 Å². The molecule has 1 unspecified atom stereocenters. The van der Waals surface area contributed by atoms with E-state index in [1.807, 2.05) is 23.1 Å². The molecule has 5 nitrogen and oxygen atoms in total. The predicted octanol–water partition coefficient (Wildman–Crippen LogP) is 1.06. The number of benzene rings is 1. The third kappa shape index (κ3) is 3.39. The fourth-order valence-electron chi connectivity index (χ4n) is 3.33. The van der Waals surface area contributed by atoms with Crippen molar-refractivity contribution in [3.8, 4) is 0 Å². The van der Waals surface area contributed by atoms with E-state index in [0.29, 0.717) is 26.2 Å². The zero-order chi connectivity index (χ0) is 16.4. The van der Waals surface area contributed by atoms with Crippen LogP contribution in [0.1, 0.15) is 25.3 Å². The van der Waals surface area contributed by atoms with Gasteiger partial charge in [0.2, 0.25) is 5.91 Å². The third-order valence-electron chi connectivity index (χ3n) is 4.93. The van der Waals surface area contributed by atoms with Crippen molar-refractivity contribution in [3.63, 3.8) is 0 Å². The Morgan fingerprint density at radius 1 is 1.09 bits per heavy atom. The van der Waals surface area contributed by atoms with Crippen molar-refractivity contribution >= 4 is 11.8 Å². The van der Waals surface area contributed by atoms with Gasteiger partial charge in [-0.1, -0.05) is 30.3 Å². The van der Waals surface area contributed by atoms with E-state index >= 15 is 0 Å². The fraction of sp³-hybridized carbons (Fsp3) is 0.556. The van der Waals surface area contributed by atoms with Crippen molar-refractivity contribution < 1.29 is 14.7 Å². The molecule has 1 N–H and O–H groups in total. The molecule has 0 aromatic heterocycles. The molecule has 23 heavy (non-hydrogen) atoms. The standard InChI is InChI=1S/C18H24N2O3/c1-14(21)16(22)19-9-11-20(12-10-19)17(23)18(7-8-18)13-15-5-3-2-4-6-15/h2-6,14,21H,7-13H2,1H3. The van der Waals surface area contributed by atoms with Crippen molar-refractivity contribution in [2.75, 3.05) is 26.2 Å². The SMILES string of the molecule is CC(O)C(=O)N1CCN(C(=O)C2(Cc3ccccc3)CC2)CC1. The second kappa shape index (κ2) is 6.32. The minimum absolute atomic E-state index is 0.224. The van der Waals surface area contributed by atoms with Gasteiger partial charge in [-0.05, 0) is 31.7 Å². The Hall–Kier alpha value is -1.88. The summed E-state index contributed by atoms with van der Waals surface area (Å²) in [5, 5.41) is 9.38. The summed E-state index contributed by atoms with van der Waals surface area (Å²) in [5.41, 5.74) is 0.985. The van der Waals surface area contributed by atoms with Gasteiger partial charge in [-0.25, -0.2) is 0 Å². The highest BCUT2D eigenvalue weighted by Gasteiger charge is 2.51. The van der Waals surface area contributed by atoms with E-state index in [0.717, 1.165) is 19.3 Å². The topological polar surface area (TPSA) is 60.9 Å². The highest BCUT2D eigenvalue weighted by molar-refractivity contribution is 5.86. The maximum absolute atomic E-state index is 12.9. The summed E-state index contributed by atoms with van der Waals surface area (Å²) in [6.07, 6.45) is 1.74. The van der Waals surface area contributed by atoms with E-state index in [4.69, 9.17) is 0 Å². The molecule has 0 spiro atoms. The summed E-state index contributed by atoms with van der Waals surface area (Å²) in [6.45, 7) is 3.63. The van der Waals surface area contributed by atoms with Gasteiger partial charge in [0.25, 0.3) is 5.91 Å². The molecule has 5 heteroatoms. The number of rotatable bonds is 4. The molecule has 1 atom stereocenters. The maximum atomic E-state index is 12.9. The number of hydrogen-bond donors (Lipinski definition) is 1. The molecular weight excluding hydrogens is 292 g/mol. The highest BCUT2D eigenvalue weighted by Crippen LogP contribution is 2.50. The van der Waals surface area contributed by atoms with E-state index in [9.17, 15) is 14.7 Å². The molecule has 0 bridgehead atoms. The molecule has 1 saturated carbocycles. The van der Waals surface area contributed by atoms with Gasteiger partial charge < -0.3 is 14.9 Å². The summed E-state index contributed by atoms with van der Waals surface area (Å²) >= 11 is 0. The first-order valence-corrected chi connectivity index (χ1v) is 8.32. The van der Waals surface area contributed by atoms with E-state index in [1.54, 1.807) is 4.90 Å². The molecule has 1 aliphatic heterocycles. The molecule has 1 heterocycles. The quantitative estimate of drug-likeness (QED) is 0.903. The largest absolute Gasteiger partial charge is 0.384 e. The van der Waals surface area contributed by atoms with E-state index in [2.05, 4.69) is 12.1 Å². The van der Waals surface area contributed by atoms with E-state index in [1.165, 1.54) is 12.5 Å². The molecule has 1 aromatic rings. The molecule has 1 aromatic carbocycles. The Kier molecular flexibility index (Phi) is 4.39. The summed E-state index contributed by atoms with van der Waals surface area (Å²) < 4.78 is 0. The van der Waals surface area contributed by atoms with Crippen molar-refractivity contribution in [1.29, 1.82) is 0 Å². The zero-order valence-corrected chi connectivity index (χ0v) is 13.6. The van der Waals surface area contributed by atoms with Gasteiger partial charge in [0.05, 0.1) is 5.41 Å². The first-order chi connectivity index (χ1) is 11.0. The normalized spacial score (nSPS) is 21.0. The minimum Gasteiger partial charge on any atom is -0.384 e. The highest BCUT2D eigenvalue weighted by atomic mass is 16.3. The van der Waals surface area contributed by atoms with Crippen molar-refractivity contribution in [1.82, 2.24) is 9.80 Å². The lowest BCUT2D eigenvalue weighted by molar-refractivity contribution is -0.146. The molecule has 3 rings (SSSR count). The predicted molar refractivity (Wildman–Crippen MR) is 86.7 cm³/mol. The Morgan fingerprint density at radius 3 is 2.17 bits per heavy atom. The van der Waals surface area contributed by atoms with Crippen LogP contribution in [0.5, 0.6) is 0 Å². The van der Waals surface area contributed by atoms with Crippen LogP contribution in [-0.4, -0.2) is 59.0 Å². The van der Waals surface area contributed by atoms with Crippen LogP contribution in [0.2, 0.25) is 0 Å². The van der Waals surface area contributed by atoms with Crippen LogP contribution >= 0.6 is 0 Å². The number of nitrogens with zero attached hydrogens (tertiary/aromatic N) is 2. The first-order valence-electron chi connectivity index (χ1n) is 8.32. The van der Waals surface area contributed by atoms with Crippen LogP contribution in [0.4, 0.5) is 0 Å². The van der Waals surface area contributed by atoms with Crippen LogP contribution < -0.4 is 0 Å². The van der Waals surface area contributed by atoms with Gasteiger partial charge in [-0.2, -0.15) is 0 Å². The molecule has 124 valence electrons. The fourth-order valence-corrected chi connectivity index (χ4v) is 3.33. The number of amides is 2. The lowest BCUT2D eigenvalue weighted by Crippen LogP contribution is -2.54. The van der Waals surface area contributed by atoms with Crippen LogP contribution in [0, 0.1) is 5.41 Å². The van der Waals surface area contributed by atoms with Crippen LogP contribution in [-0.2, 0) is 16.0 Å². The summed E-state index contributed by atoms with van der Waals surface area (Å²) in [5.74, 6) is -0.0204. The van der Waals surface area contributed by atoms with Gasteiger partial charge >= 0.3 is 0 Å². The monoisotopic (exact) mass is 316 g/mol. The summed E-state index contributed by atoms with van der Waals surface area (Å²) in [7, 11) is 0. The van der Waals surface area contributed by atoms with Gasteiger partial charge in [-0.15, -0.1) is 0 Å². The van der Waals surface area contributed by atoms with E-state index < -0.39 is 6.10 Å². The molecule has 2 aliphatic rings. The number of carbonyl (C=O) groups excluding carboxylic acids is 2. The molecule has 2 fully saturated rings. The Bertz CT molecular complexity index is 573. The molecule has 0 radical (unpaired) electrons. The smallest absolute Gasteiger partial charge is 0.251 e. The van der Waals surface area contributed by atoms with Gasteiger partial charge in [-0.3, -0.25) is 9.59 Å². The Labute approximate surface area is 136 Å². The maximum Gasteiger partial charge on any atom is 0.251 e. The van der Waals surface area contributed by atoms with Crippen LogP contribution in [0.25, 0.3) is 0 Å². The average molecular weight is 316 g/mol. The molecule has 2 amide bonds. The minimum atomic E-state index is -0.967. The number of piperazine rings is 1. The second-order valence-electron chi connectivity index (χ2n) is 6.74.